The Labute approximate surface area is 255 Å². The van der Waals surface area contributed by atoms with Gasteiger partial charge in [0.05, 0.1) is 4.90 Å². The number of carbonyl (C=O) groups excluding carboxylic acids is 2. The SMILES string of the molecule is O=C(NCCC1=CCCCC1)C(c1ccccc1)N(Cc1ccccc1)C(=O)CCc1ccc(S(=O)(=O)NC2CC2)cc1. The number of hydrogen-bond acceptors (Lipinski definition) is 4. The minimum absolute atomic E-state index is 0.0389. The van der Waals surface area contributed by atoms with Gasteiger partial charge in [-0.3, -0.25) is 9.59 Å². The minimum atomic E-state index is -3.53. The van der Waals surface area contributed by atoms with Crippen molar-refractivity contribution >= 4 is 21.8 Å². The van der Waals surface area contributed by atoms with Crippen LogP contribution in [0.4, 0.5) is 0 Å². The van der Waals surface area contributed by atoms with Gasteiger partial charge in [0.1, 0.15) is 6.04 Å². The molecule has 1 atom stereocenters. The number of nitrogens with zero attached hydrogens (tertiary/aromatic N) is 1. The maximum atomic E-state index is 13.9. The van der Waals surface area contributed by atoms with E-state index in [0.29, 0.717) is 19.5 Å². The molecule has 7 nitrogen and oxygen atoms in total. The van der Waals surface area contributed by atoms with Crippen molar-refractivity contribution < 1.29 is 18.0 Å². The Morgan fingerprint density at radius 1 is 0.837 bits per heavy atom. The molecule has 0 radical (unpaired) electrons. The van der Waals surface area contributed by atoms with Crippen LogP contribution in [0.2, 0.25) is 0 Å². The Bertz CT molecular complexity index is 1500. The number of aryl methyl sites for hydroxylation is 1. The normalized spacial score (nSPS) is 15.8. The van der Waals surface area contributed by atoms with Gasteiger partial charge in [0.25, 0.3) is 0 Å². The number of allylic oxidation sites excluding steroid dienone is 1. The number of carbonyl (C=O) groups is 2. The van der Waals surface area contributed by atoms with Crippen LogP contribution in [0.5, 0.6) is 0 Å². The van der Waals surface area contributed by atoms with Crippen LogP contribution in [0.15, 0.2) is 101 Å². The lowest BCUT2D eigenvalue weighted by molar-refractivity contribution is -0.141. The summed E-state index contributed by atoms with van der Waals surface area (Å²) in [5.41, 5.74) is 3.95. The molecule has 43 heavy (non-hydrogen) atoms. The zero-order valence-corrected chi connectivity index (χ0v) is 25.4. The molecule has 0 saturated heterocycles. The summed E-state index contributed by atoms with van der Waals surface area (Å²) in [6.07, 6.45) is 10.1. The molecule has 3 aromatic rings. The predicted molar refractivity (Wildman–Crippen MR) is 168 cm³/mol. The topological polar surface area (TPSA) is 95.6 Å². The highest BCUT2D eigenvalue weighted by atomic mass is 32.2. The zero-order valence-electron chi connectivity index (χ0n) is 24.6. The van der Waals surface area contributed by atoms with Crippen molar-refractivity contribution in [3.8, 4) is 0 Å². The predicted octanol–water partition coefficient (Wildman–Crippen LogP) is 5.84. The van der Waals surface area contributed by atoms with Crippen LogP contribution in [0, 0.1) is 0 Å². The van der Waals surface area contributed by atoms with Crippen molar-refractivity contribution in [1.82, 2.24) is 14.9 Å². The Hall–Kier alpha value is -3.75. The first-order valence-electron chi connectivity index (χ1n) is 15.3. The molecular weight excluding hydrogens is 558 g/mol. The van der Waals surface area contributed by atoms with Crippen molar-refractivity contribution in [3.63, 3.8) is 0 Å². The molecule has 8 heteroatoms. The second-order valence-corrected chi connectivity index (χ2v) is 13.2. The molecule has 2 amide bonds. The lowest BCUT2D eigenvalue weighted by atomic mass is 9.97. The summed E-state index contributed by atoms with van der Waals surface area (Å²) in [7, 11) is -3.53. The van der Waals surface area contributed by atoms with E-state index in [4.69, 9.17) is 0 Å². The fourth-order valence-corrected chi connectivity index (χ4v) is 6.81. The first-order chi connectivity index (χ1) is 20.9. The second-order valence-electron chi connectivity index (χ2n) is 11.5. The van der Waals surface area contributed by atoms with E-state index in [2.05, 4.69) is 16.1 Å². The van der Waals surface area contributed by atoms with Gasteiger partial charge in [0.15, 0.2) is 0 Å². The highest BCUT2D eigenvalue weighted by Crippen LogP contribution is 2.26. The van der Waals surface area contributed by atoms with E-state index in [9.17, 15) is 18.0 Å². The summed E-state index contributed by atoms with van der Waals surface area (Å²) in [5, 5.41) is 3.13. The molecule has 1 saturated carbocycles. The summed E-state index contributed by atoms with van der Waals surface area (Å²) in [6, 6.07) is 25.2. The molecule has 0 aliphatic heterocycles. The molecule has 0 bridgehead atoms. The van der Waals surface area contributed by atoms with Gasteiger partial charge in [0, 0.05) is 25.6 Å². The van der Waals surface area contributed by atoms with Gasteiger partial charge in [-0.05, 0) is 80.2 Å². The van der Waals surface area contributed by atoms with Crippen LogP contribution in [-0.4, -0.2) is 37.7 Å². The zero-order chi connectivity index (χ0) is 30.1. The number of rotatable bonds is 14. The first-order valence-corrected chi connectivity index (χ1v) is 16.8. The van der Waals surface area contributed by atoms with E-state index in [0.717, 1.165) is 48.8 Å². The van der Waals surface area contributed by atoms with Crippen molar-refractivity contribution in [3.05, 3.63) is 113 Å². The standard InChI is InChI=1S/C35H41N3O4S/c39-33(23-18-28-16-21-32(22-17-28)43(41,42)37-31-19-20-31)38(26-29-12-6-2-7-13-29)34(30-14-8-3-9-15-30)35(40)36-25-24-27-10-4-1-5-11-27/h2-3,6-10,12-17,21-22,31,34,37H,1,4-5,11,18-20,23-26H2,(H,36,40). The summed E-state index contributed by atoms with van der Waals surface area (Å²) in [6.45, 7) is 0.827. The van der Waals surface area contributed by atoms with Crippen LogP contribution in [0.1, 0.15) is 74.1 Å². The van der Waals surface area contributed by atoms with Gasteiger partial charge in [-0.15, -0.1) is 0 Å². The molecule has 0 aromatic heterocycles. The van der Waals surface area contributed by atoms with E-state index in [1.54, 1.807) is 29.2 Å². The Balaban J connectivity index is 1.32. The average Bonchev–Trinajstić information content (AvgIpc) is 3.85. The third kappa shape index (κ3) is 8.88. The van der Waals surface area contributed by atoms with Crippen LogP contribution >= 0.6 is 0 Å². The first kappa shape index (κ1) is 30.7. The van der Waals surface area contributed by atoms with Crippen molar-refractivity contribution in [2.75, 3.05) is 6.54 Å². The van der Waals surface area contributed by atoms with Crippen molar-refractivity contribution in [2.45, 2.75) is 81.3 Å². The summed E-state index contributed by atoms with van der Waals surface area (Å²) >= 11 is 0. The van der Waals surface area contributed by atoms with Crippen LogP contribution in [0.3, 0.4) is 0 Å². The van der Waals surface area contributed by atoms with Crippen molar-refractivity contribution in [2.24, 2.45) is 0 Å². The molecule has 0 heterocycles. The number of sulfonamides is 1. The number of hydrogen-bond donors (Lipinski definition) is 2. The van der Waals surface area contributed by atoms with Gasteiger partial charge in [-0.2, -0.15) is 0 Å². The Kier molecular flexibility index (Phi) is 10.4. The van der Waals surface area contributed by atoms with Gasteiger partial charge in [0.2, 0.25) is 21.8 Å². The van der Waals surface area contributed by atoms with E-state index < -0.39 is 16.1 Å². The average molecular weight is 600 g/mol. The van der Waals surface area contributed by atoms with E-state index in [-0.39, 0.29) is 29.2 Å². The van der Waals surface area contributed by atoms with E-state index >= 15 is 0 Å². The fraction of sp³-hybridized carbons (Fsp3) is 0.371. The third-order valence-corrected chi connectivity index (χ3v) is 9.62. The van der Waals surface area contributed by atoms with Crippen molar-refractivity contribution in [1.29, 1.82) is 0 Å². The summed E-state index contributed by atoms with van der Waals surface area (Å²) in [4.78, 5) is 29.7. The molecule has 5 rings (SSSR count). The maximum absolute atomic E-state index is 13.9. The Morgan fingerprint density at radius 3 is 2.19 bits per heavy atom. The molecule has 2 aliphatic rings. The number of amides is 2. The van der Waals surface area contributed by atoms with Gasteiger partial charge in [-0.1, -0.05) is 84.4 Å². The van der Waals surface area contributed by atoms with Gasteiger partial charge in [-0.25, -0.2) is 13.1 Å². The second kappa shape index (κ2) is 14.6. The van der Waals surface area contributed by atoms with E-state index in [1.165, 1.54) is 18.4 Å². The molecule has 226 valence electrons. The molecule has 1 unspecified atom stereocenters. The maximum Gasteiger partial charge on any atom is 0.247 e. The summed E-state index contributed by atoms with van der Waals surface area (Å²) < 4.78 is 27.8. The lowest BCUT2D eigenvalue weighted by Crippen LogP contribution is -2.43. The molecule has 2 N–H and O–H groups in total. The number of benzene rings is 3. The largest absolute Gasteiger partial charge is 0.354 e. The van der Waals surface area contributed by atoms with Crippen LogP contribution in [-0.2, 0) is 32.6 Å². The fourth-order valence-electron chi connectivity index (χ4n) is 5.51. The third-order valence-electron chi connectivity index (χ3n) is 8.08. The van der Waals surface area contributed by atoms with Gasteiger partial charge < -0.3 is 10.2 Å². The molecule has 3 aromatic carbocycles. The highest BCUT2D eigenvalue weighted by molar-refractivity contribution is 7.89. The molecule has 2 aliphatic carbocycles. The monoisotopic (exact) mass is 599 g/mol. The quantitative estimate of drug-likeness (QED) is 0.228. The molecule has 0 spiro atoms. The smallest absolute Gasteiger partial charge is 0.247 e. The number of nitrogens with one attached hydrogen (secondary N) is 2. The minimum Gasteiger partial charge on any atom is -0.354 e. The highest BCUT2D eigenvalue weighted by Gasteiger charge is 2.31. The van der Waals surface area contributed by atoms with Gasteiger partial charge >= 0.3 is 0 Å². The molecular formula is C35H41N3O4S. The van der Waals surface area contributed by atoms with Crippen LogP contribution < -0.4 is 10.0 Å². The van der Waals surface area contributed by atoms with E-state index in [1.807, 2.05) is 60.7 Å². The summed E-state index contributed by atoms with van der Waals surface area (Å²) in [5.74, 6) is -0.334. The Morgan fingerprint density at radius 2 is 1.53 bits per heavy atom. The van der Waals surface area contributed by atoms with Crippen LogP contribution in [0.25, 0.3) is 0 Å². The molecule has 1 fully saturated rings. The lowest BCUT2D eigenvalue weighted by Gasteiger charge is -2.32.